The lowest BCUT2D eigenvalue weighted by Crippen LogP contribution is -2.44. The van der Waals surface area contributed by atoms with Crippen LogP contribution in [0.15, 0.2) is 220 Å². The van der Waals surface area contributed by atoms with Gasteiger partial charge in [0.25, 0.3) is 22.2 Å². The molecular formula is C116H133ClN24O5. The van der Waals surface area contributed by atoms with Crippen molar-refractivity contribution in [3.63, 3.8) is 0 Å². The van der Waals surface area contributed by atoms with E-state index in [9.17, 15) is 19.2 Å². The molecule has 146 heavy (non-hydrogen) atoms. The number of anilines is 10. The summed E-state index contributed by atoms with van der Waals surface area (Å²) >= 11 is 6.38. The quantitative estimate of drug-likeness (QED) is 0.0418. The van der Waals surface area contributed by atoms with Crippen LogP contribution in [0.3, 0.4) is 0 Å². The number of ether oxygens (including phenoxy) is 1. The summed E-state index contributed by atoms with van der Waals surface area (Å²) in [4.78, 5) is 111. The first-order valence-corrected chi connectivity index (χ1v) is 50.8. The first-order chi connectivity index (χ1) is 70.9. The summed E-state index contributed by atoms with van der Waals surface area (Å²) in [6.07, 6.45) is 22.8. The fourth-order valence-electron chi connectivity index (χ4n) is 18.7. The highest BCUT2D eigenvalue weighted by atomic mass is 35.5. The van der Waals surface area contributed by atoms with Gasteiger partial charge in [0.1, 0.15) is 28.7 Å². The number of piperazine rings is 2. The molecule has 0 radical (unpaired) electrons. The monoisotopic (exact) mass is 1980 g/mol. The number of likely N-dealkylation sites (N-methyl/N-ethyl adjacent to an activating group) is 2. The van der Waals surface area contributed by atoms with Crippen LogP contribution in [0.25, 0.3) is 44.1 Å². The Kier molecular flexibility index (Phi) is 33.4. The van der Waals surface area contributed by atoms with E-state index >= 15 is 0 Å². The number of hydrogen-bond donors (Lipinski definition) is 5. The number of benzene rings is 5. The third kappa shape index (κ3) is 25.6. The van der Waals surface area contributed by atoms with Gasteiger partial charge in [0, 0.05) is 183 Å². The van der Waals surface area contributed by atoms with Crippen molar-refractivity contribution in [2.24, 2.45) is 18.9 Å². The number of likely N-dealkylation sites (tertiary alicyclic amines) is 2. The Balaban J connectivity index is 0.000000166. The van der Waals surface area contributed by atoms with E-state index < -0.39 is 0 Å². The Hall–Kier alpha value is -15.5. The number of piperidine rings is 2. The molecule has 15 aromatic rings. The number of aromatic nitrogens is 14. The van der Waals surface area contributed by atoms with Gasteiger partial charge in [0.15, 0.2) is 0 Å². The Morgan fingerprint density at radius 3 is 1.53 bits per heavy atom. The molecule has 4 aliphatic heterocycles. The first-order valence-electron chi connectivity index (χ1n) is 50.4. The maximum absolute atomic E-state index is 13.7. The molecule has 0 bridgehead atoms. The molecular weight excluding hydrogens is 1840 g/mol. The second kappa shape index (κ2) is 47.8. The lowest BCUT2D eigenvalue weighted by molar-refractivity contribution is 0.251. The summed E-state index contributed by atoms with van der Waals surface area (Å²) in [5.74, 6) is 24.8. The Morgan fingerprint density at radius 2 is 0.986 bits per heavy atom. The average Bonchev–Trinajstić information content (AvgIpc) is 1.07. The minimum atomic E-state index is -0.242. The lowest BCUT2D eigenvalue weighted by atomic mass is 9.89. The van der Waals surface area contributed by atoms with Crippen molar-refractivity contribution >= 4 is 114 Å². The predicted molar refractivity (Wildman–Crippen MR) is 595 cm³/mol. The van der Waals surface area contributed by atoms with Crippen LogP contribution in [0, 0.1) is 66.3 Å². The summed E-state index contributed by atoms with van der Waals surface area (Å²) in [5.41, 5.74) is 18.2. The van der Waals surface area contributed by atoms with Gasteiger partial charge in [-0.25, -0.2) is 19.9 Å². The van der Waals surface area contributed by atoms with Gasteiger partial charge in [0.05, 0.1) is 59.2 Å². The molecule has 1 unspecified atom stereocenters. The summed E-state index contributed by atoms with van der Waals surface area (Å²) < 4.78 is 11.7. The van der Waals surface area contributed by atoms with E-state index in [-0.39, 0.29) is 46.3 Å². The van der Waals surface area contributed by atoms with Gasteiger partial charge in [-0.15, -0.1) is 5.92 Å². The summed E-state index contributed by atoms with van der Waals surface area (Å²) in [7, 11) is 8.23. The SMILES string of the molecule is CC#Cc1cc2cnc(Nc3ccc(C4CCCN(C)C4)cc3)nc2n(C)c1=O.CC(C)C#Cc1cc2cnc(Nc3ccc(N4CCN(C)CC4)cc3)nc2n(Cc2ncccc2Cl)c1=O.CCOC#Cc1cc2cnc(Nc3ccc(N4CCNCC4)c(C)c3)nc2n(Cc2cnccc2C(C)C)c1=O.CCc1ccccc1Cn1c(=O)c(C#CC2CC2)cc2cnc(Nc3ccc(C4CCN(C)CC4)cc3)nc21.[HH].[HH].[HH].[HH]. The van der Waals surface area contributed by atoms with Crippen molar-refractivity contribution in [3.05, 3.63) is 314 Å². The van der Waals surface area contributed by atoms with E-state index in [1.807, 2.05) is 69.4 Å². The molecule has 5 aliphatic rings. The smallest absolute Gasteiger partial charge is 0.268 e. The van der Waals surface area contributed by atoms with Crippen molar-refractivity contribution in [2.45, 2.75) is 138 Å². The van der Waals surface area contributed by atoms with Gasteiger partial charge in [-0.1, -0.05) is 124 Å². The zero-order valence-electron chi connectivity index (χ0n) is 85.1. The van der Waals surface area contributed by atoms with E-state index in [2.05, 4.69) is 267 Å². The number of nitrogens with one attached hydrogen (secondary N) is 5. The Labute approximate surface area is 863 Å². The highest BCUT2D eigenvalue weighted by Crippen LogP contribution is 2.35. The predicted octanol–water partition coefficient (Wildman–Crippen LogP) is 18.5. The van der Waals surface area contributed by atoms with E-state index in [0.717, 1.165) is 141 Å². The maximum atomic E-state index is 13.7. The van der Waals surface area contributed by atoms with E-state index in [4.69, 9.17) is 31.3 Å². The minimum Gasteiger partial charge on any atom is -0.447 e. The Bertz CT molecular complexity index is 7790. The normalized spacial score (nSPS) is 15.0. The highest BCUT2D eigenvalue weighted by Gasteiger charge is 2.26. The third-order valence-electron chi connectivity index (χ3n) is 27.0. The van der Waals surface area contributed by atoms with Crippen LogP contribution < -0.4 is 58.6 Å². The van der Waals surface area contributed by atoms with Crippen LogP contribution in [0.5, 0.6) is 0 Å². The lowest BCUT2D eigenvalue weighted by Gasteiger charge is -2.34. The highest BCUT2D eigenvalue weighted by molar-refractivity contribution is 6.31. The Morgan fingerprint density at radius 1 is 0.473 bits per heavy atom. The number of fused-ring (bicyclic) bond motifs is 4. The molecule has 14 heterocycles. The maximum Gasteiger partial charge on any atom is 0.268 e. The molecule has 754 valence electrons. The van der Waals surface area contributed by atoms with Gasteiger partial charge >= 0.3 is 0 Å². The molecule has 5 aromatic carbocycles. The van der Waals surface area contributed by atoms with Crippen molar-refractivity contribution in [2.75, 3.05) is 137 Å². The topological polar surface area (TPSA) is 302 Å². The second-order valence-corrected chi connectivity index (χ2v) is 38.9. The molecule has 29 nitrogen and oxygen atoms in total. The minimum absolute atomic E-state index is 0. The fourth-order valence-corrected chi connectivity index (χ4v) is 18.9. The molecule has 20 rings (SSSR count). The zero-order valence-corrected chi connectivity index (χ0v) is 85.9. The molecule has 0 amide bonds. The molecule has 1 aliphatic carbocycles. The third-order valence-corrected chi connectivity index (χ3v) is 27.3. The molecule has 30 heteroatoms. The summed E-state index contributed by atoms with van der Waals surface area (Å²) in [6, 6.07) is 52.5. The number of aryl methyl sites for hydroxylation is 3. The van der Waals surface area contributed by atoms with Gasteiger partial charge in [-0.05, 0) is 278 Å². The molecule has 5 fully saturated rings. The van der Waals surface area contributed by atoms with Crippen LogP contribution in [0.2, 0.25) is 5.02 Å². The van der Waals surface area contributed by atoms with Gasteiger partial charge in [0.2, 0.25) is 23.8 Å². The number of nitrogens with zero attached hydrogens (tertiary/aromatic N) is 19. The number of hydrogen-bond acceptors (Lipinski definition) is 25. The summed E-state index contributed by atoms with van der Waals surface area (Å²) in [5, 5.41) is 20.1. The number of pyridine rings is 6. The van der Waals surface area contributed by atoms with Gasteiger partial charge < -0.3 is 55.8 Å². The van der Waals surface area contributed by atoms with Gasteiger partial charge in [-0.2, -0.15) is 19.9 Å². The van der Waals surface area contributed by atoms with Crippen molar-refractivity contribution in [1.29, 1.82) is 0 Å². The molecule has 1 atom stereocenters. The van der Waals surface area contributed by atoms with E-state index in [1.165, 1.54) is 70.4 Å². The summed E-state index contributed by atoms with van der Waals surface area (Å²) in [6.45, 7) is 30.1. The molecule has 10 aromatic heterocycles. The van der Waals surface area contributed by atoms with Crippen molar-refractivity contribution in [3.8, 4) is 47.5 Å². The average molecular weight is 1980 g/mol. The fraction of sp³-hybridized carbons (Fsp3) is 0.345. The molecule has 5 N–H and O–H groups in total. The van der Waals surface area contributed by atoms with E-state index in [0.29, 0.717) is 128 Å². The van der Waals surface area contributed by atoms with Crippen LogP contribution in [-0.4, -0.2) is 189 Å². The van der Waals surface area contributed by atoms with Crippen LogP contribution in [-0.2, 0) is 37.8 Å². The van der Waals surface area contributed by atoms with Crippen LogP contribution in [0.4, 0.5) is 57.9 Å². The first kappa shape index (κ1) is 102. The molecule has 4 saturated heterocycles. The van der Waals surface area contributed by atoms with Crippen molar-refractivity contribution in [1.82, 2.24) is 88.1 Å². The standard InChI is InChI=1S/C33H35N5O.C31H35N7O2.C29H30ClN7O.C23H25N5O.4H2/c1-3-24-6-4-5-7-28(24)22-38-31-29(20-27(32(38)39)11-10-23-8-9-23)21-34-33(36-31)35-30-14-12-25(13-15-30)26-16-18-37(2)19-17-26;1-5-40-15-9-23-17-24-19-34-31(35-26-6-7-28(22(4)16-26)37-13-11-32-12-14-37)36-29(24)38(30(23)39)20-25-18-33-10-8-27(25)21(2)3;1-20(2)6-7-21-17-22-18-32-29(33-23-8-10-24(11-9-23)36-15-13-35(3)14-16-36)34-27(22)37(28(21)38)19-26-25(30)5-4-12-31-26;1-4-6-17-13-19-14-24-23(26-21(19)28(3)22(17)29)25-20-10-8-16(9-11-20)18-7-5-12-27(2)15-18;;;;/h4-7,12-15,20-21,23,26H,3,8-9,16-19,22H2,1-2H3,(H,34,35,36);6-8,10,16-19,21,32H,5,11-14,20H2,1-4H3,(H,34,35,36);4-5,8-12,17-18,20H,13-16,19H2,1-3H3,(H,32,33,34);8-11,13-14,18H,5,7,12,15H2,1-3H3,(H,24,25,26);4*1H. The second-order valence-electron chi connectivity index (χ2n) is 38.4. The van der Waals surface area contributed by atoms with Crippen molar-refractivity contribution < 1.29 is 10.4 Å². The molecule has 0 spiro atoms. The molecule has 1 saturated carbocycles. The van der Waals surface area contributed by atoms with Crippen LogP contribution >= 0.6 is 11.6 Å². The number of rotatable bonds is 21. The van der Waals surface area contributed by atoms with Crippen LogP contribution in [0.1, 0.15) is 177 Å². The largest absolute Gasteiger partial charge is 0.447 e. The van der Waals surface area contributed by atoms with E-state index in [1.54, 1.807) is 95.2 Å². The number of halogens is 1. The van der Waals surface area contributed by atoms with Gasteiger partial charge in [-0.3, -0.25) is 47.4 Å². The zero-order chi connectivity index (χ0) is 102.